The molecule has 1 heterocycles. The number of pyridine rings is 1. The van der Waals surface area contributed by atoms with E-state index < -0.39 is 23.3 Å². The fraction of sp³-hybridized carbons (Fsp3) is 0.162. The predicted molar refractivity (Wildman–Crippen MR) is 170 cm³/mol. The Balaban J connectivity index is 1.40. The third-order valence-electron chi connectivity index (χ3n) is 7.72. The van der Waals surface area contributed by atoms with Crippen LogP contribution in [0.15, 0.2) is 150 Å². The monoisotopic (exact) mass is 553 g/mol. The Morgan fingerprint density at radius 3 is 1.05 bits per heavy atom. The van der Waals surface area contributed by atoms with Gasteiger partial charge in [0.15, 0.2) is 0 Å². The first-order valence-electron chi connectivity index (χ1n) is 14.1. The van der Waals surface area contributed by atoms with Crippen LogP contribution in [0.1, 0.15) is 47.5 Å². The molecule has 5 heteroatoms. The van der Waals surface area contributed by atoms with Crippen molar-refractivity contribution in [3.8, 4) is 0 Å². The topological polar surface area (TPSA) is 78.1 Å². The molecular weight excluding hydrogens is 518 g/mol. The van der Waals surface area contributed by atoms with Crippen molar-refractivity contribution < 1.29 is 10.2 Å². The summed E-state index contributed by atoms with van der Waals surface area (Å²) in [6.45, 7) is 3.80. The highest BCUT2D eigenvalue weighted by atomic mass is 16.3. The van der Waals surface area contributed by atoms with Crippen LogP contribution in [-0.2, 0) is 11.2 Å². The van der Waals surface area contributed by atoms with Crippen molar-refractivity contribution in [3.63, 3.8) is 0 Å². The van der Waals surface area contributed by atoms with Crippen molar-refractivity contribution in [1.29, 1.82) is 0 Å². The molecule has 5 rings (SSSR count). The largest absolute Gasteiger partial charge is 0.378 e. The Kier molecular flexibility index (Phi) is 8.82. The van der Waals surface area contributed by atoms with Crippen LogP contribution in [0.4, 0.5) is 0 Å². The molecule has 0 bridgehead atoms. The normalized spacial score (nSPS) is 13.8. The third-order valence-corrected chi connectivity index (χ3v) is 7.72. The van der Waals surface area contributed by atoms with Crippen molar-refractivity contribution in [3.05, 3.63) is 173 Å². The van der Waals surface area contributed by atoms with E-state index in [2.05, 4.69) is 0 Å². The van der Waals surface area contributed by atoms with Gasteiger partial charge in [-0.15, -0.1) is 0 Å². The summed E-state index contributed by atoms with van der Waals surface area (Å²) in [4.78, 5) is 14.2. The Hall–Kier alpha value is -4.71. The van der Waals surface area contributed by atoms with Gasteiger partial charge in [-0.05, 0) is 48.2 Å². The minimum absolute atomic E-state index is 0.492. The molecule has 1 aromatic heterocycles. The molecular formula is C37H35N3O2. The van der Waals surface area contributed by atoms with Gasteiger partial charge in [-0.2, -0.15) is 0 Å². The second-order valence-electron chi connectivity index (χ2n) is 10.4. The van der Waals surface area contributed by atoms with Gasteiger partial charge in [-0.3, -0.25) is 9.98 Å². The molecule has 2 N–H and O–H groups in total. The van der Waals surface area contributed by atoms with Gasteiger partial charge >= 0.3 is 0 Å². The number of nitrogens with zero attached hydrogens (tertiary/aromatic N) is 3. The Labute approximate surface area is 247 Å². The number of rotatable bonds is 10. The first kappa shape index (κ1) is 28.8. The van der Waals surface area contributed by atoms with Crippen LogP contribution in [0.3, 0.4) is 0 Å². The van der Waals surface area contributed by atoms with Crippen LogP contribution in [0.25, 0.3) is 0 Å². The molecule has 0 amide bonds. The summed E-state index contributed by atoms with van der Waals surface area (Å²) in [6, 6.07) is 43.1. The first-order chi connectivity index (χ1) is 20.4. The molecule has 0 spiro atoms. The van der Waals surface area contributed by atoms with E-state index in [1.165, 1.54) is 0 Å². The van der Waals surface area contributed by atoms with Crippen molar-refractivity contribution >= 4 is 12.4 Å². The fourth-order valence-electron chi connectivity index (χ4n) is 5.27. The minimum Gasteiger partial charge on any atom is -0.378 e. The van der Waals surface area contributed by atoms with Crippen LogP contribution in [0, 0.1) is 0 Å². The average Bonchev–Trinajstić information content (AvgIpc) is 3.07. The zero-order valence-corrected chi connectivity index (χ0v) is 23.8. The Morgan fingerprint density at radius 2 is 0.762 bits per heavy atom. The maximum atomic E-state index is 12.0. The van der Waals surface area contributed by atoms with E-state index in [-0.39, 0.29) is 0 Å². The number of benzene rings is 4. The van der Waals surface area contributed by atoms with Crippen molar-refractivity contribution in [2.45, 2.75) is 37.1 Å². The first-order valence-corrected chi connectivity index (χ1v) is 14.1. The Morgan fingerprint density at radius 1 is 0.476 bits per heavy atom. The second-order valence-corrected chi connectivity index (χ2v) is 10.4. The molecule has 0 saturated heterocycles. The van der Waals surface area contributed by atoms with E-state index in [4.69, 9.17) is 15.0 Å². The van der Waals surface area contributed by atoms with E-state index in [9.17, 15) is 10.2 Å². The van der Waals surface area contributed by atoms with Gasteiger partial charge in [0.05, 0.1) is 23.5 Å². The summed E-state index contributed by atoms with van der Waals surface area (Å²) in [5, 5.41) is 24.0. The maximum absolute atomic E-state index is 12.0. The summed E-state index contributed by atoms with van der Waals surface area (Å²) >= 11 is 0. The molecule has 210 valence electrons. The zero-order valence-electron chi connectivity index (χ0n) is 23.8. The van der Waals surface area contributed by atoms with Crippen LogP contribution in [0.2, 0.25) is 0 Å². The molecule has 0 aliphatic heterocycles. The van der Waals surface area contributed by atoms with Crippen molar-refractivity contribution in [2.75, 3.05) is 0 Å². The summed E-state index contributed by atoms with van der Waals surface area (Å²) in [5.74, 6) is 0. The molecule has 0 aliphatic rings. The predicted octanol–water partition coefficient (Wildman–Crippen LogP) is 6.57. The van der Waals surface area contributed by atoms with Gasteiger partial charge in [0.25, 0.3) is 0 Å². The Bertz CT molecular complexity index is 1420. The van der Waals surface area contributed by atoms with Gasteiger partial charge in [0, 0.05) is 12.4 Å². The molecule has 0 fully saturated rings. The molecule has 0 radical (unpaired) electrons. The van der Waals surface area contributed by atoms with Crippen molar-refractivity contribution in [1.82, 2.24) is 4.98 Å². The molecule has 5 aromatic rings. The van der Waals surface area contributed by atoms with Gasteiger partial charge in [0.1, 0.15) is 11.2 Å². The number of aliphatic hydroxyl groups is 2. The van der Waals surface area contributed by atoms with Gasteiger partial charge in [-0.25, -0.2) is 4.98 Å². The summed E-state index contributed by atoms with van der Waals surface area (Å²) in [7, 11) is 0. The summed E-state index contributed by atoms with van der Waals surface area (Å²) < 4.78 is 0. The number of aromatic nitrogens is 1. The highest BCUT2D eigenvalue weighted by molar-refractivity contribution is 5.82. The maximum Gasteiger partial charge on any atom is 0.137 e. The standard InChI is InChI=1S/C37H35N3O2/c1-28(36(41,30-16-7-3-8-17-30)31-18-9-4-10-19-31)38-26-34-24-15-25-35(40-34)27-39-29(2)37(42,32-20-11-5-12-21-32)33-22-13-6-14-23-33/h3-29,41-42H,1-2H3/t28-,29-/m0/s1. The second kappa shape index (κ2) is 12.9. The average molecular weight is 554 g/mol. The van der Waals surface area contributed by atoms with Crippen LogP contribution in [-0.4, -0.2) is 39.7 Å². The summed E-state index contributed by atoms with van der Waals surface area (Å²) in [5.41, 5.74) is 1.74. The fourth-order valence-corrected chi connectivity index (χ4v) is 5.27. The van der Waals surface area contributed by atoms with E-state index in [0.717, 1.165) is 22.3 Å². The van der Waals surface area contributed by atoms with Crippen LogP contribution < -0.4 is 0 Å². The molecule has 0 unspecified atom stereocenters. The highest BCUT2D eigenvalue weighted by Crippen LogP contribution is 2.35. The molecule has 0 saturated carbocycles. The van der Waals surface area contributed by atoms with E-state index in [0.29, 0.717) is 11.4 Å². The minimum atomic E-state index is -1.31. The number of hydrogen-bond acceptors (Lipinski definition) is 5. The lowest BCUT2D eigenvalue weighted by atomic mass is 9.81. The lowest BCUT2D eigenvalue weighted by molar-refractivity contribution is 0.0587. The summed E-state index contributed by atoms with van der Waals surface area (Å²) in [6.07, 6.45) is 3.37. The number of hydrogen-bond donors (Lipinski definition) is 2. The van der Waals surface area contributed by atoms with E-state index in [1.807, 2.05) is 153 Å². The van der Waals surface area contributed by atoms with E-state index >= 15 is 0 Å². The highest BCUT2D eigenvalue weighted by Gasteiger charge is 2.38. The van der Waals surface area contributed by atoms with Crippen LogP contribution >= 0.6 is 0 Å². The molecule has 2 atom stereocenters. The van der Waals surface area contributed by atoms with E-state index in [1.54, 1.807) is 12.4 Å². The zero-order chi connectivity index (χ0) is 29.4. The van der Waals surface area contributed by atoms with Gasteiger partial charge < -0.3 is 10.2 Å². The lowest BCUT2D eigenvalue weighted by Gasteiger charge is -2.33. The molecule has 42 heavy (non-hydrogen) atoms. The molecule has 4 aromatic carbocycles. The number of aliphatic imine (C=N–C) groups is 2. The van der Waals surface area contributed by atoms with Crippen molar-refractivity contribution in [2.24, 2.45) is 9.98 Å². The smallest absolute Gasteiger partial charge is 0.137 e. The SMILES string of the molecule is C[C@H](N=Cc1cccc(C=N[C@@H](C)C(O)(c2ccccc2)c2ccccc2)n1)C(O)(c1ccccc1)c1ccccc1. The quantitative estimate of drug-likeness (QED) is 0.192. The lowest BCUT2D eigenvalue weighted by Crippen LogP contribution is -2.38. The molecule has 5 nitrogen and oxygen atoms in total. The molecule has 0 aliphatic carbocycles. The third kappa shape index (κ3) is 5.98. The van der Waals surface area contributed by atoms with Gasteiger partial charge in [0.2, 0.25) is 0 Å². The van der Waals surface area contributed by atoms with Gasteiger partial charge in [-0.1, -0.05) is 127 Å². The van der Waals surface area contributed by atoms with Crippen LogP contribution in [0.5, 0.6) is 0 Å².